The Bertz CT molecular complexity index is 936. The zero-order valence-corrected chi connectivity index (χ0v) is 27.5. The van der Waals surface area contributed by atoms with E-state index < -0.39 is 0 Å². The van der Waals surface area contributed by atoms with Crippen LogP contribution in [0.5, 0.6) is 0 Å². The summed E-state index contributed by atoms with van der Waals surface area (Å²) >= 11 is 0. The van der Waals surface area contributed by atoms with Gasteiger partial charge in [-0.2, -0.15) is 0 Å². The smallest absolute Gasteiger partial charge is 0.183 e. The molecule has 0 aliphatic heterocycles. The number of rotatable bonds is 10. The summed E-state index contributed by atoms with van der Waals surface area (Å²) in [5, 5.41) is 10.4. The first-order valence-electron chi connectivity index (χ1n) is 15.4. The molecule has 1 aromatic heterocycles. The van der Waals surface area contributed by atoms with Crippen molar-refractivity contribution in [2.45, 2.75) is 91.4 Å². The molecule has 0 saturated heterocycles. The zero-order valence-electron chi connectivity index (χ0n) is 27.5. The van der Waals surface area contributed by atoms with Gasteiger partial charge in [0.1, 0.15) is 0 Å². The highest BCUT2D eigenvalue weighted by Crippen LogP contribution is 2.28. The van der Waals surface area contributed by atoms with Crippen LogP contribution in [0.4, 0.5) is 0 Å². The SMILES string of the molecule is C=C(N)c1cc2ccccc2n1C.C=CC.C=CCN.C=CNCCCCCCC1CCCCC1.CCC.N=C(N)N. The molecule has 1 fully saturated rings. The first-order chi connectivity index (χ1) is 20.1. The number of guanidine groups is 1. The third kappa shape index (κ3) is 26.8. The fourth-order valence-corrected chi connectivity index (χ4v) is 4.19. The number of aryl methyl sites for hydroxylation is 1. The van der Waals surface area contributed by atoms with E-state index in [0.717, 1.165) is 18.2 Å². The fourth-order valence-electron chi connectivity index (χ4n) is 4.19. The Hall–Kier alpha value is -3.45. The molecule has 7 nitrogen and oxygen atoms in total. The Kier molecular flexibility index (Phi) is 32.8. The lowest BCUT2D eigenvalue weighted by Gasteiger charge is -2.21. The van der Waals surface area contributed by atoms with Crippen molar-refractivity contribution in [3.05, 3.63) is 80.7 Å². The highest BCUT2D eigenvalue weighted by molar-refractivity contribution is 5.84. The molecule has 0 bridgehead atoms. The number of hydrogen-bond acceptors (Lipinski definition) is 4. The molecule has 0 atom stereocenters. The predicted octanol–water partition coefficient (Wildman–Crippen LogP) is 7.94. The molecule has 42 heavy (non-hydrogen) atoms. The van der Waals surface area contributed by atoms with Gasteiger partial charge >= 0.3 is 0 Å². The normalized spacial score (nSPS) is 11.5. The molecule has 7 heteroatoms. The quantitative estimate of drug-likeness (QED) is 0.0728. The van der Waals surface area contributed by atoms with Gasteiger partial charge in [-0.05, 0) is 37.6 Å². The van der Waals surface area contributed by atoms with Crippen molar-refractivity contribution < 1.29 is 0 Å². The molecule has 0 spiro atoms. The van der Waals surface area contributed by atoms with Gasteiger partial charge in [-0.3, -0.25) is 5.41 Å². The highest BCUT2D eigenvalue weighted by atomic mass is 15.0. The van der Waals surface area contributed by atoms with E-state index >= 15 is 0 Å². The van der Waals surface area contributed by atoms with Gasteiger partial charge in [0.15, 0.2) is 5.96 Å². The number of nitrogens with one attached hydrogen (secondary N) is 2. The average molecular weight is 584 g/mol. The van der Waals surface area contributed by atoms with Crippen molar-refractivity contribution >= 4 is 22.6 Å². The maximum atomic E-state index is 6.06. The fraction of sp³-hybridized carbons (Fsp3) is 0.514. The van der Waals surface area contributed by atoms with E-state index in [1.165, 1.54) is 81.5 Å². The number of allylic oxidation sites excluding steroid dienone is 1. The second-order valence-electron chi connectivity index (χ2n) is 10.1. The van der Waals surface area contributed by atoms with Crippen LogP contribution in [0.25, 0.3) is 16.6 Å². The Labute approximate surface area is 258 Å². The Morgan fingerprint density at radius 2 is 1.50 bits per heavy atom. The largest absolute Gasteiger partial charge is 0.398 e. The molecular formula is C35H65N7. The van der Waals surface area contributed by atoms with Gasteiger partial charge in [-0.1, -0.05) is 122 Å². The summed E-state index contributed by atoms with van der Waals surface area (Å²) in [5.41, 5.74) is 22.3. The molecule has 2 aromatic rings. The van der Waals surface area contributed by atoms with Crippen molar-refractivity contribution in [3.8, 4) is 0 Å². The van der Waals surface area contributed by atoms with Crippen molar-refractivity contribution in [1.29, 1.82) is 5.41 Å². The van der Waals surface area contributed by atoms with Crippen LogP contribution in [-0.4, -0.2) is 23.6 Å². The van der Waals surface area contributed by atoms with Gasteiger partial charge in [0.2, 0.25) is 0 Å². The van der Waals surface area contributed by atoms with Crippen LogP contribution >= 0.6 is 0 Å². The molecule has 0 unspecified atom stereocenters. The summed E-state index contributed by atoms with van der Waals surface area (Å²) in [4.78, 5) is 0. The van der Waals surface area contributed by atoms with E-state index in [-0.39, 0.29) is 5.96 Å². The molecule has 3 rings (SSSR count). The molecule has 1 aliphatic carbocycles. The number of nitrogens with zero attached hydrogens (tertiary/aromatic N) is 1. The molecule has 1 saturated carbocycles. The molecule has 1 aliphatic rings. The van der Waals surface area contributed by atoms with Crippen LogP contribution in [0.15, 0.2) is 75.0 Å². The van der Waals surface area contributed by atoms with Gasteiger partial charge in [-0.15, -0.1) is 13.2 Å². The topological polar surface area (TPSA) is 145 Å². The average Bonchev–Trinajstić information content (AvgIpc) is 3.31. The molecule has 1 aromatic carbocycles. The second-order valence-corrected chi connectivity index (χ2v) is 10.1. The van der Waals surface area contributed by atoms with Crippen LogP contribution < -0.4 is 28.3 Å². The lowest BCUT2D eigenvalue weighted by molar-refractivity contribution is 0.328. The van der Waals surface area contributed by atoms with E-state index in [9.17, 15) is 0 Å². The lowest BCUT2D eigenvalue weighted by atomic mass is 9.85. The Morgan fingerprint density at radius 3 is 1.95 bits per heavy atom. The minimum Gasteiger partial charge on any atom is -0.398 e. The van der Waals surface area contributed by atoms with Crippen molar-refractivity contribution in [1.82, 2.24) is 9.88 Å². The summed E-state index contributed by atoms with van der Waals surface area (Å²) in [6.45, 7) is 21.9. The van der Waals surface area contributed by atoms with E-state index in [1.807, 2.05) is 26.1 Å². The number of aromatic nitrogens is 1. The van der Waals surface area contributed by atoms with Crippen LogP contribution in [0.1, 0.15) is 97.1 Å². The Balaban J connectivity index is -0.000000507. The summed E-state index contributed by atoms with van der Waals surface area (Å²) in [6.07, 6.45) is 21.0. The summed E-state index contributed by atoms with van der Waals surface area (Å²) < 4.78 is 2.05. The maximum Gasteiger partial charge on any atom is 0.183 e. The third-order valence-electron chi connectivity index (χ3n) is 6.00. The van der Waals surface area contributed by atoms with Gasteiger partial charge in [0.05, 0.1) is 5.69 Å². The zero-order chi connectivity index (χ0) is 32.6. The van der Waals surface area contributed by atoms with Gasteiger partial charge in [0, 0.05) is 36.7 Å². The molecule has 1 heterocycles. The van der Waals surface area contributed by atoms with Crippen LogP contribution in [0.2, 0.25) is 0 Å². The molecule has 0 amide bonds. The number of benzene rings is 1. The molecule has 240 valence electrons. The second kappa shape index (κ2) is 32.1. The molecular weight excluding hydrogens is 518 g/mol. The lowest BCUT2D eigenvalue weighted by Crippen LogP contribution is -2.20. The summed E-state index contributed by atoms with van der Waals surface area (Å²) in [6, 6.07) is 10.2. The van der Waals surface area contributed by atoms with E-state index in [2.05, 4.69) is 79.7 Å². The van der Waals surface area contributed by atoms with Crippen molar-refractivity contribution in [2.24, 2.45) is 35.9 Å². The number of nitrogens with two attached hydrogens (primary N) is 4. The van der Waals surface area contributed by atoms with Gasteiger partial charge < -0.3 is 32.8 Å². The van der Waals surface area contributed by atoms with Crippen molar-refractivity contribution in [3.63, 3.8) is 0 Å². The Morgan fingerprint density at radius 1 is 1.00 bits per heavy atom. The first-order valence-corrected chi connectivity index (χ1v) is 15.4. The summed E-state index contributed by atoms with van der Waals surface area (Å²) in [7, 11) is 2.00. The number of hydrogen-bond donors (Lipinski definition) is 6. The third-order valence-corrected chi connectivity index (χ3v) is 6.00. The van der Waals surface area contributed by atoms with Crippen LogP contribution in [0.3, 0.4) is 0 Å². The minimum atomic E-state index is -0.333. The van der Waals surface area contributed by atoms with Crippen LogP contribution in [-0.2, 0) is 7.05 Å². The summed E-state index contributed by atoms with van der Waals surface area (Å²) in [5.74, 6) is 0.741. The van der Waals surface area contributed by atoms with E-state index in [4.69, 9.17) is 16.9 Å². The van der Waals surface area contributed by atoms with Gasteiger partial charge in [0.25, 0.3) is 0 Å². The minimum absolute atomic E-state index is 0.333. The first kappa shape index (κ1) is 43.0. The molecule has 10 N–H and O–H groups in total. The monoisotopic (exact) mass is 584 g/mol. The van der Waals surface area contributed by atoms with Gasteiger partial charge in [-0.25, -0.2) is 0 Å². The van der Waals surface area contributed by atoms with E-state index in [0.29, 0.717) is 12.2 Å². The number of fused-ring (bicyclic) bond motifs is 1. The highest BCUT2D eigenvalue weighted by Gasteiger charge is 2.12. The van der Waals surface area contributed by atoms with E-state index in [1.54, 1.807) is 18.4 Å². The maximum absolute atomic E-state index is 6.06. The van der Waals surface area contributed by atoms with Crippen LogP contribution in [0, 0.1) is 11.3 Å². The number of unbranched alkanes of at least 4 members (excludes halogenated alkanes) is 3. The molecule has 0 radical (unpaired) electrons. The number of para-hydroxylation sites is 1. The van der Waals surface area contributed by atoms with Crippen molar-refractivity contribution in [2.75, 3.05) is 13.1 Å². The predicted molar refractivity (Wildman–Crippen MR) is 191 cm³/mol. The standard InChI is InChI=1S/C14H27N.C11H12N2.C3H7N.C3H8.C3H6.CH5N3/c1-2-15-13-9-4-3-6-10-14-11-7-5-8-12-14;1-8(12)11-7-9-5-3-4-6-10(9)13(11)2;1-2-3-4;2*1-3-2;2-1(3)4/h2,14-15H,1,3-13H2;3-7H,1,12H2,2H3;2H,1,3-4H2;3H2,1-2H3;3H,1H2,2H3;(H5,2,3,4).